The van der Waals surface area contributed by atoms with E-state index in [0.29, 0.717) is 62.9 Å². The first-order valence-corrected chi connectivity index (χ1v) is 16.6. The maximum Gasteiger partial charge on any atom is 0.328 e. The number of nitrogens with one attached hydrogen (secondary N) is 1. The molecular weight excluding hydrogens is 685 g/mol. The van der Waals surface area contributed by atoms with E-state index in [0.717, 1.165) is 17.7 Å². The van der Waals surface area contributed by atoms with Crippen LogP contribution < -0.4 is 15.6 Å². The third-order valence-electron chi connectivity index (χ3n) is 7.46. The number of nitrogens with zero attached hydrogens (tertiary/aromatic N) is 2. The minimum Gasteiger partial charge on any atom is -0.489 e. The van der Waals surface area contributed by atoms with E-state index in [2.05, 4.69) is 10.4 Å². The van der Waals surface area contributed by atoms with Gasteiger partial charge in [0.2, 0.25) is 0 Å². The maximum atomic E-state index is 13.7. The summed E-state index contributed by atoms with van der Waals surface area (Å²) in [6.45, 7) is 3.59. The highest BCUT2D eigenvalue weighted by atomic mass is 35.5. The molecule has 0 aliphatic heterocycles. The van der Waals surface area contributed by atoms with E-state index >= 15 is 0 Å². The van der Waals surface area contributed by atoms with Crippen molar-refractivity contribution >= 4 is 23.5 Å². The van der Waals surface area contributed by atoms with Gasteiger partial charge >= 0.3 is 5.97 Å². The highest BCUT2D eigenvalue weighted by Gasteiger charge is 2.24. The second-order valence-corrected chi connectivity index (χ2v) is 11.5. The Hall–Kier alpha value is -4.66. The molecule has 272 valence electrons. The maximum absolute atomic E-state index is 13.7. The summed E-state index contributed by atoms with van der Waals surface area (Å²) in [6, 6.07) is 19.1. The van der Waals surface area contributed by atoms with Gasteiger partial charge in [0.25, 0.3) is 11.5 Å². The van der Waals surface area contributed by atoms with Crippen molar-refractivity contribution in [3.63, 3.8) is 0 Å². The summed E-state index contributed by atoms with van der Waals surface area (Å²) >= 11 is 6.06. The molecule has 1 atom stereocenters. The van der Waals surface area contributed by atoms with Crippen molar-refractivity contribution in [3.8, 4) is 16.9 Å². The molecule has 0 saturated heterocycles. The van der Waals surface area contributed by atoms with Crippen molar-refractivity contribution in [1.29, 1.82) is 0 Å². The lowest BCUT2D eigenvalue weighted by Crippen LogP contribution is -2.43. The average molecular weight is 726 g/mol. The first-order valence-electron chi connectivity index (χ1n) is 16.2. The molecule has 4 rings (SSSR count). The van der Waals surface area contributed by atoms with Gasteiger partial charge in [0.05, 0.1) is 82.3 Å². The van der Waals surface area contributed by atoms with Gasteiger partial charge in [-0.3, -0.25) is 9.59 Å². The Morgan fingerprint density at radius 1 is 0.843 bits per heavy atom. The molecule has 0 bridgehead atoms. The molecule has 14 heteroatoms. The zero-order chi connectivity index (χ0) is 36.4. The summed E-state index contributed by atoms with van der Waals surface area (Å²) in [5, 5.41) is 6.68. The normalized spacial score (nSPS) is 11.6. The molecule has 0 aliphatic rings. The van der Waals surface area contributed by atoms with Gasteiger partial charge in [0, 0.05) is 13.5 Å². The number of ether oxygens (including phenoxy) is 6. The molecule has 0 radical (unpaired) electrons. The van der Waals surface area contributed by atoms with Gasteiger partial charge in [-0.05, 0) is 34.9 Å². The van der Waals surface area contributed by atoms with E-state index in [1.54, 1.807) is 24.3 Å². The van der Waals surface area contributed by atoms with Crippen LogP contribution in [0.15, 0.2) is 83.8 Å². The zero-order valence-electron chi connectivity index (χ0n) is 28.5. The van der Waals surface area contributed by atoms with Gasteiger partial charge < -0.3 is 33.7 Å². The summed E-state index contributed by atoms with van der Waals surface area (Å²) < 4.78 is 47.9. The fraction of sp³-hybridized carbons (Fsp3) is 0.351. The Labute approximate surface area is 300 Å². The molecule has 1 N–H and O–H groups in total. The standard InChI is InChI=1S/C37H41ClFN3O9/c1-42-36(44)34(28-10-8-26(9-11-28)22-32(37(45)46-2)41-35(43)30-23-29(39)12-13-31(30)38)33(24-40-42)51-21-20-49-17-16-47-14-15-48-18-19-50-25-27-6-4-3-5-7-27/h3-13,23-24,32H,14-22,25H2,1-2H3,(H,41,43)/t32-/m0/s1. The van der Waals surface area contributed by atoms with Gasteiger partial charge in [-0.1, -0.05) is 66.2 Å². The molecule has 4 aromatic rings. The number of halogens is 2. The van der Waals surface area contributed by atoms with Crippen molar-refractivity contribution in [1.82, 2.24) is 15.1 Å². The molecule has 12 nitrogen and oxygen atoms in total. The highest BCUT2D eigenvalue weighted by Crippen LogP contribution is 2.26. The van der Waals surface area contributed by atoms with E-state index in [1.165, 1.54) is 31.1 Å². The van der Waals surface area contributed by atoms with Crippen LogP contribution in [0, 0.1) is 5.82 Å². The molecule has 0 spiro atoms. The number of hydrogen-bond donors (Lipinski definition) is 1. The Balaban J connectivity index is 1.20. The van der Waals surface area contributed by atoms with Gasteiger partial charge in [-0.2, -0.15) is 5.10 Å². The van der Waals surface area contributed by atoms with E-state index < -0.39 is 23.7 Å². The van der Waals surface area contributed by atoms with Gasteiger partial charge in [-0.15, -0.1) is 0 Å². The number of aromatic nitrogens is 2. The van der Waals surface area contributed by atoms with Crippen LogP contribution in [0.2, 0.25) is 5.02 Å². The first kappa shape index (κ1) is 39.1. The predicted octanol–water partition coefficient (Wildman–Crippen LogP) is 4.40. The number of carbonyl (C=O) groups excluding carboxylic acids is 2. The van der Waals surface area contributed by atoms with Crippen LogP contribution in [0.1, 0.15) is 21.5 Å². The number of methoxy groups -OCH3 is 1. The quantitative estimate of drug-likeness (QED) is 0.0973. The van der Waals surface area contributed by atoms with Crippen LogP contribution in [-0.4, -0.2) is 87.7 Å². The number of benzene rings is 3. The van der Waals surface area contributed by atoms with E-state index in [1.807, 2.05) is 30.3 Å². The van der Waals surface area contributed by atoms with Gasteiger partial charge in [0.1, 0.15) is 18.5 Å². The summed E-state index contributed by atoms with van der Waals surface area (Å²) in [7, 11) is 2.73. The molecule has 0 aliphatic carbocycles. The first-order chi connectivity index (χ1) is 24.8. The molecule has 0 fully saturated rings. The Morgan fingerprint density at radius 2 is 1.47 bits per heavy atom. The van der Waals surface area contributed by atoms with Crippen molar-refractivity contribution in [2.24, 2.45) is 7.05 Å². The SMILES string of the molecule is COC(=O)[C@H](Cc1ccc(-c2c(OCCOCCOCCOCCOCc3ccccc3)cnn(C)c2=O)cc1)NC(=O)c1cc(F)ccc1Cl. The predicted molar refractivity (Wildman–Crippen MR) is 187 cm³/mol. The lowest BCUT2D eigenvalue weighted by Gasteiger charge is -2.17. The number of carbonyl (C=O) groups is 2. The zero-order valence-corrected chi connectivity index (χ0v) is 29.2. The number of amides is 1. The highest BCUT2D eigenvalue weighted by molar-refractivity contribution is 6.33. The number of hydrogen-bond acceptors (Lipinski definition) is 10. The van der Waals surface area contributed by atoms with Crippen LogP contribution >= 0.6 is 11.6 Å². The molecule has 51 heavy (non-hydrogen) atoms. The Bertz CT molecular complexity index is 1760. The monoisotopic (exact) mass is 725 g/mol. The molecule has 1 heterocycles. The summed E-state index contributed by atoms with van der Waals surface area (Å²) in [4.78, 5) is 38.4. The Morgan fingerprint density at radius 3 is 2.12 bits per heavy atom. The average Bonchev–Trinajstić information content (AvgIpc) is 3.14. The third kappa shape index (κ3) is 12.6. The van der Waals surface area contributed by atoms with E-state index in [9.17, 15) is 18.8 Å². The van der Waals surface area contributed by atoms with Crippen LogP contribution in [0.3, 0.4) is 0 Å². The minimum absolute atomic E-state index is 0.0357. The van der Waals surface area contributed by atoms with Crippen molar-refractivity contribution in [3.05, 3.63) is 117 Å². The van der Waals surface area contributed by atoms with Crippen LogP contribution in [0.25, 0.3) is 11.1 Å². The molecule has 0 saturated carbocycles. The minimum atomic E-state index is -1.09. The Kier molecular flexibility index (Phi) is 16.0. The summed E-state index contributed by atoms with van der Waals surface area (Å²) in [6.07, 6.45) is 1.52. The van der Waals surface area contributed by atoms with Crippen LogP contribution in [0.4, 0.5) is 4.39 Å². The van der Waals surface area contributed by atoms with Crippen molar-refractivity contribution in [2.75, 3.05) is 60.0 Å². The lowest BCUT2D eigenvalue weighted by molar-refractivity contribution is -0.142. The molecule has 1 amide bonds. The van der Waals surface area contributed by atoms with E-state index in [4.69, 9.17) is 40.0 Å². The van der Waals surface area contributed by atoms with Crippen LogP contribution in [-0.2, 0) is 48.6 Å². The molecule has 1 aromatic heterocycles. The third-order valence-corrected chi connectivity index (χ3v) is 7.79. The van der Waals surface area contributed by atoms with Gasteiger partial charge in [0.15, 0.2) is 5.75 Å². The van der Waals surface area contributed by atoms with Gasteiger partial charge in [-0.25, -0.2) is 13.9 Å². The fourth-order valence-electron chi connectivity index (χ4n) is 4.82. The fourth-order valence-corrected chi connectivity index (χ4v) is 5.02. The number of esters is 1. The molecule has 3 aromatic carbocycles. The second kappa shape index (κ2) is 20.9. The smallest absolute Gasteiger partial charge is 0.328 e. The largest absolute Gasteiger partial charge is 0.489 e. The molecule has 0 unspecified atom stereocenters. The summed E-state index contributed by atoms with van der Waals surface area (Å²) in [5.74, 6) is -1.79. The van der Waals surface area contributed by atoms with Crippen LogP contribution in [0.5, 0.6) is 5.75 Å². The summed E-state index contributed by atoms with van der Waals surface area (Å²) in [5.41, 5.74) is 2.15. The topological polar surface area (TPSA) is 136 Å². The molecular formula is C37H41ClFN3O9. The number of rotatable bonds is 21. The van der Waals surface area contributed by atoms with E-state index in [-0.39, 0.29) is 41.5 Å². The lowest BCUT2D eigenvalue weighted by atomic mass is 10.0. The van der Waals surface area contributed by atoms with Crippen molar-refractivity contribution in [2.45, 2.75) is 19.1 Å². The second-order valence-electron chi connectivity index (χ2n) is 11.1. The number of aryl methyl sites for hydroxylation is 1. The van der Waals surface area contributed by atoms with Crippen molar-refractivity contribution < 1.29 is 42.4 Å².